The van der Waals surface area contributed by atoms with E-state index in [1.165, 1.54) is 0 Å². The molecule has 0 aromatic heterocycles. The first kappa shape index (κ1) is 22.3. The Kier molecular flexibility index (Phi) is 6.89. The summed E-state index contributed by atoms with van der Waals surface area (Å²) < 4.78 is 18.0. The molecule has 0 unspecified atom stereocenters. The van der Waals surface area contributed by atoms with Gasteiger partial charge in [0.25, 0.3) is 0 Å². The highest BCUT2D eigenvalue weighted by Crippen LogP contribution is 2.47. The number of esters is 2. The van der Waals surface area contributed by atoms with Gasteiger partial charge >= 0.3 is 11.9 Å². The highest BCUT2D eigenvalue weighted by atomic mass is 16.5. The highest BCUT2D eigenvalue weighted by Gasteiger charge is 2.22. The van der Waals surface area contributed by atoms with E-state index in [2.05, 4.69) is 0 Å². The van der Waals surface area contributed by atoms with E-state index < -0.39 is 0 Å². The average molecular weight is 443 g/mol. The molecule has 4 aromatic carbocycles. The Bertz CT molecular complexity index is 1290. The molecular weight excluding hydrogens is 416 g/mol. The van der Waals surface area contributed by atoms with Crippen LogP contribution in [0, 0.1) is 0 Å². The van der Waals surface area contributed by atoms with E-state index in [0.717, 1.165) is 0 Å². The van der Waals surface area contributed by atoms with Gasteiger partial charge in [-0.1, -0.05) is 68.4 Å². The number of benzene rings is 4. The Morgan fingerprint density at radius 1 is 0.636 bits per heavy atom. The predicted molar refractivity (Wildman–Crippen MR) is 129 cm³/mol. The Labute approximate surface area is 192 Å². The van der Waals surface area contributed by atoms with E-state index in [-0.39, 0.29) is 11.9 Å². The molecule has 5 nitrogen and oxygen atoms in total. The number of para-hydroxylation sites is 1. The van der Waals surface area contributed by atoms with E-state index >= 15 is 0 Å². The predicted octanol–water partition coefficient (Wildman–Crippen LogP) is 7.20. The maximum Gasteiger partial charge on any atom is 0.311 e. The standard InChI is InChI=1S/C28H26O5/c1-3-11-24(29)32-27-20-15-8-9-16-21(20)28(33-25(30)12-4-2)26-22(27)17-10-18-23(26)31-19-13-6-5-7-14-19/h5-10,13-18H,3-4,11-12H2,1-2H3. The number of fused-ring (bicyclic) bond motifs is 2. The summed E-state index contributed by atoms with van der Waals surface area (Å²) in [6.45, 7) is 3.86. The van der Waals surface area contributed by atoms with Gasteiger partial charge in [-0.2, -0.15) is 0 Å². The number of carbonyl (C=O) groups excluding carboxylic acids is 2. The molecule has 168 valence electrons. The van der Waals surface area contributed by atoms with Crippen molar-refractivity contribution in [2.75, 3.05) is 0 Å². The topological polar surface area (TPSA) is 61.8 Å². The lowest BCUT2D eigenvalue weighted by atomic mass is 9.99. The van der Waals surface area contributed by atoms with Crippen LogP contribution in [0.4, 0.5) is 0 Å². The minimum Gasteiger partial charge on any atom is -0.457 e. The summed E-state index contributed by atoms with van der Waals surface area (Å²) in [5.74, 6) is 1.36. The minimum atomic E-state index is -0.325. The number of carbonyl (C=O) groups is 2. The van der Waals surface area contributed by atoms with Gasteiger partial charge in [0.2, 0.25) is 0 Å². The monoisotopic (exact) mass is 442 g/mol. The van der Waals surface area contributed by atoms with Crippen molar-refractivity contribution in [3.8, 4) is 23.0 Å². The number of ether oxygens (including phenoxy) is 3. The molecule has 0 bridgehead atoms. The first-order chi connectivity index (χ1) is 16.1. The summed E-state index contributed by atoms with van der Waals surface area (Å²) in [5.41, 5.74) is 0. The van der Waals surface area contributed by atoms with Gasteiger partial charge < -0.3 is 14.2 Å². The second kappa shape index (κ2) is 10.2. The maximum absolute atomic E-state index is 12.6. The van der Waals surface area contributed by atoms with E-state index in [1.54, 1.807) is 0 Å². The summed E-state index contributed by atoms with van der Waals surface area (Å²) in [4.78, 5) is 25.1. The molecule has 0 aliphatic carbocycles. The fourth-order valence-corrected chi connectivity index (χ4v) is 3.77. The van der Waals surface area contributed by atoms with Gasteiger partial charge in [-0.25, -0.2) is 0 Å². The van der Waals surface area contributed by atoms with Crippen molar-refractivity contribution in [1.29, 1.82) is 0 Å². The zero-order valence-electron chi connectivity index (χ0n) is 18.8. The molecular formula is C28H26O5. The van der Waals surface area contributed by atoms with Gasteiger partial charge in [-0.05, 0) is 31.0 Å². The van der Waals surface area contributed by atoms with Crippen LogP contribution in [0.3, 0.4) is 0 Å². The van der Waals surface area contributed by atoms with Crippen molar-refractivity contribution in [2.45, 2.75) is 39.5 Å². The maximum atomic E-state index is 12.6. The van der Waals surface area contributed by atoms with Crippen LogP contribution in [-0.2, 0) is 9.59 Å². The SMILES string of the molecule is CCCC(=O)Oc1c2ccccc2c(OC(=O)CCC)c2c(Oc3ccccc3)cccc12. The molecule has 0 radical (unpaired) electrons. The van der Waals surface area contributed by atoms with Gasteiger partial charge in [0, 0.05) is 29.0 Å². The van der Waals surface area contributed by atoms with Crippen molar-refractivity contribution < 1.29 is 23.8 Å². The third-order valence-corrected chi connectivity index (χ3v) is 5.23. The van der Waals surface area contributed by atoms with Gasteiger partial charge in [-0.15, -0.1) is 0 Å². The van der Waals surface area contributed by atoms with Crippen LogP contribution in [0.25, 0.3) is 21.5 Å². The summed E-state index contributed by atoms with van der Waals surface area (Å²) in [7, 11) is 0. The van der Waals surface area contributed by atoms with Crippen LogP contribution in [0.15, 0.2) is 72.8 Å². The summed E-state index contributed by atoms with van der Waals surface area (Å²) in [6.07, 6.45) is 1.96. The van der Waals surface area contributed by atoms with E-state index in [1.807, 2.05) is 86.6 Å². The first-order valence-corrected chi connectivity index (χ1v) is 11.2. The van der Waals surface area contributed by atoms with Crippen LogP contribution in [0.2, 0.25) is 0 Å². The van der Waals surface area contributed by atoms with Gasteiger partial charge in [0.15, 0.2) is 5.75 Å². The third-order valence-electron chi connectivity index (χ3n) is 5.23. The fourth-order valence-electron chi connectivity index (χ4n) is 3.77. The number of hydrogen-bond donors (Lipinski definition) is 0. The molecule has 33 heavy (non-hydrogen) atoms. The second-order valence-electron chi connectivity index (χ2n) is 7.75. The Morgan fingerprint density at radius 3 is 1.82 bits per heavy atom. The quantitative estimate of drug-likeness (QED) is 0.164. The normalized spacial score (nSPS) is 10.8. The highest BCUT2D eigenvalue weighted by molar-refractivity contribution is 6.14. The zero-order valence-corrected chi connectivity index (χ0v) is 18.8. The molecule has 5 heteroatoms. The van der Waals surface area contributed by atoms with Crippen molar-refractivity contribution in [2.24, 2.45) is 0 Å². The lowest BCUT2D eigenvalue weighted by molar-refractivity contribution is -0.135. The van der Waals surface area contributed by atoms with Gasteiger partial charge in [0.05, 0.1) is 5.39 Å². The van der Waals surface area contributed by atoms with E-state index in [0.29, 0.717) is 70.2 Å². The average Bonchev–Trinajstić information content (AvgIpc) is 2.82. The Morgan fingerprint density at radius 2 is 1.18 bits per heavy atom. The molecule has 0 fully saturated rings. The molecule has 0 saturated heterocycles. The molecule has 0 heterocycles. The van der Waals surface area contributed by atoms with Crippen molar-refractivity contribution in [3.05, 3.63) is 72.8 Å². The molecule has 0 aliphatic heterocycles. The molecule has 0 aliphatic rings. The molecule has 0 N–H and O–H groups in total. The Hall–Kier alpha value is -3.86. The smallest absolute Gasteiger partial charge is 0.311 e. The molecule has 0 amide bonds. The van der Waals surface area contributed by atoms with Crippen molar-refractivity contribution >= 4 is 33.5 Å². The van der Waals surface area contributed by atoms with Gasteiger partial charge in [0.1, 0.15) is 17.2 Å². The van der Waals surface area contributed by atoms with Crippen molar-refractivity contribution in [3.63, 3.8) is 0 Å². The molecule has 4 rings (SSSR count). The fraction of sp³-hybridized carbons (Fsp3) is 0.214. The molecule has 4 aromatic rings. The number of hydrogen-bond acceptors (Lipinski definition) is 5. The second-order valence-corrected chi connectivity index (χ2v) is 7.75. The Balaban J connectivity index is 2.00. The summed E-state index contributed by atoms with van der Waals surface area (Å²) >= 11 is 0. The minimum absolute atomic E-state index is 0.296. The van der Waals surface area contributed by atoms with Crippen LogP contribution >= 0.6 is 0 Å². The van der Waals surface area contributed by atoms with Crippen LogP contribution < -0.4 is 14.2 Å². The van der Waals surface area contributed by atoms with Crippen LogP contribution in [0.1, 0.15) is 39.5 Å². The van der Waals surface area contributed by atoms with Crippen LogP contribution in [0.5, 0.6) is 23.0 Å². The van der Waals surface area contributed by atoms with Gasteiger partial charge in [-0.3, -0.25) is 9.59 Å². The summed E-state index contributed by atoms with van der Waals surface area (Å²) in [6, 6.07) is 22.4. The molecule has 0 saturated carbocycles. The lowest BCUT2D eigenvalue weighted by Crippen LogP contribution is -2.10. The van der Waals surface area contributed by atoms with E-state index in [4.69, 9.17) is 14.2 Å². The molecule has 0 atom stereocenters. The largest absolute Gasteiger partial charge is 0.457 e. The van der Waals surface area contributed by atoms with Crippen molar-refractivity contribution in [1.82, 2.24) is 0 Å². The third kappa shape index (κ3) is 4.82. The van der Waals surface area contributed by atoms with Crippen LogP contribution in [-0.4, -0.2) is 11.9 Å². The zero-order chi connectivity index (χ0) is 23.2. The van der Waals surface area contributed by atoms with E-state index in [9.17, 15) is 9.59 Å². The lowest BCUT2D eigenvalue weighted by Gasteiger charge is -2.18. The summed E-state index contributed by atoms with van der Waals surface area (Å²) in [5, 5.41) is 2.61. The molecule has 0 spiro atoms. The first-order valence-electron chi connectivity index (χ1n) is 11.2. The number of rotatable bonds is 8.